The number of aryl methyl sites for hydroxylation is 1. The third-order valence-electron chi connectivity index (χ3n) is 4.23. The largest absolute Gasteiger partial charge is 0.462 e. The number of nitrogens with one attached hydrogen (secondary N) is 1. The lowest BCUT2D eigenvalue weighted by molar-refractivity contribution is 0.0526. The first kappa shape index (κ1) is 18.1. The molecule has 0 saturated heterocycles. The summed E-state index contributed by atoms with van der Waals surface area (Å²) in [6.07, 6.45) is 4.14. The van der Waals surface area contributed by atoms with Crippen LogP contribution >= 0.6 is 27.3 Å². The number of carbonyl (C=O) groups is 2. The van der Waals surface area contributed by atoms with E-state index in [4.69, 9.17) is 4.74 Å². The second-order valence-corrected chi connectivity index (χ2v) is 7.94. The van der Waals surface area contributed by atoms with Gasteiger partial charge in [-0.15, -0.1) is 11.3 Å². The summed E-state index contributed by atoms with van der Waals surface area (Å²) in [7, 11) is 0. The van der Waals surface area contributed by atoms with Crippen LogP contribution in [0.25, 0.3) is 0 Å². The highest BCUT2D eigenvalue weighted by molar-refractivity contribution is 9.10. The number of hydrogen-bond acceptors (Lipinski definition) is 5. The van der Waals surface area contributed by atoms with Crippen molar-refractivity contribution >= 4 is 44.0 Å². The summed E-state index contributed by atoms with van der Waals surface area (Å²) in [5.74, 6) is -0.297. The number of thiophene rings is 1. The summed E-state index contributed by atoms with van der Waals surface area (Å²) in [6, 6.07) is 7.28. The lowest BCUT2D eigenvalue weighted by atomic mass is 9.95. The summed E-state index contributed by atoms with van der Waals surface area (Å²) in [5, 5.41) is 3.94. The van der Waals surface area contributed by atoms with Gasteiger partial charge < -0.3 is 10.1 Å². The zero-order valence-electron chi connectivity index (χ0n) is 14.1. The van der Waals surface area contributed by atoms with Crippen molar-refractivity contribution < 1.29 is 14.3 Å². The van der Waals surface area contributed by atoms with Crippen LogP contribution in [0.2, 0.25) is 0 Å². The number of rotatable bonds is 6. The molecule has 1 aromatic carbocycles. The average Bonchev–Trinajstić information content (AvgIpc) is 2.99. The van der Waals surface area contributed by atoms with Gasteiger partial charge in [0.05, 0.1) is 18.7 Å². The molecule has 1 heterocycles. The average molecular weight is 422 g/mol. The van der Waals surface area contributed by atoms with E-state index < -0.39 is 0 Å². The van der Waals surface area contributed by atoms with Crippen LogP contribution in [0.3, 0.4) is 0 Å². The molecule has 0 unspecified atom stereocenters. The summed E-state index contributed by atoms with van der Waals surface area (Å²) in [6.45, 7) is 2.31. The molecule has 0 atom stereocenters. The molecule has 1 aliphatic carbocycles. The van der Waals surface area contributed by atoms with E-state index in [0.717, 1.165) is 40.7 Å². The summed E-state index contributed by atoms with van der Waals surface area (Å²) >= 11 is 4.95. The number of ketones is 1. The number of Topliss-reactive ketones (excluding diaryl/α,β-unsaturated/α-hetero) is 1. The van der Waals surface area contributed by atoms with Gasteiger partial charge in [-0.2, -0.15) is 0 Å². The molecule has 0 saturated carbocycles. The van der Waals surface area contributed by atoms with Crippen molar-refractivity contribution in [3.8, 4) is 0 Å². The lowest BCUT2D eigenvalue weighted by Crippen LogP contribution is -2.16. The Morgan fingerprint density at radius 2 is 1.92 bits per heavy atom. The summed E-state index contributed by atoms with van der Waals surface area (Å²) in [4.78, 5) is 26.0. The Bertz CT molecular complexity index is 783. The van der Waals surface area contributed by atoms with Gasteiger partial charge in [-0.25, -0.2) is 4.79 Å². The number of fused-ring (bicyclic) bond motifs is 1. The maximum atomic E-state index is 12.4. The minimum atomic E-state index is -0.291. The van der Waals surface area contributed by atoms with Crippen LogP contribution in [0.1, 0.15) is 50.9 Å². The van der Waals surface area contributed by atoms with Crippen LogP contribution in [0, 0.1) is 0 Å². The quantitative estimate of drug-likeness (QED) is 0.534. The van der Waals surface area contributed by atoms with E-state index in [0.29, 0.717) is 17.7 Å². The molecule has 0 aliphatic heterocycles. The van der Waals surface area contributed by atoms with Gasteiger partial charge in [-0.1, -0.05) is 28.1 Å². The number of carbonyl (C=O) groups excluding carboxylic acids is 2. The highest BCUT2D eigenvalue weighted by atomic mass is 79.9. The fourth-order valence-electron chi connectivity index (χ4n) is 3.01. The molecule has 1 N–H and O–H groups in total. The molecule has 132 valence electrons. The lowest BCUT2D eigenvalue weighted by Gasteiger charge is -2.12. The molecule has 0 amide bonds. The number of ether oxygens (including phenoxy) is 1. The van der Waals surface area contributed by atoms with Crippen molar-refractivity contribution in [2.24, 2.45) is 0 Å². The van der Waals surface area contributed by atoms with Crippen LogP contribution in [-0.2, 0) is 17.6 Å². The van der Waals surface area contributed by atoms with Crippen LogP contribution in [0.4, 0.5) is 5.00 Å². The van der Waals surface area contributed by atoms with Crippen LogP contribution in [-0.4, -0.2) is 24.9 Å². The van der Waals surface area contributed by atoms with Gasteiger partial charge in [-0.3, -0.25) is 4.79 Å². The molecule has 6 heteroatoms. The Hall–Kier alpha value is -1.66. The van der Waals surface area contributed by atoms with Crippen LogP contribution in [0.15, 0.2) is 28.7 Å². The fourth-order valence-corrected chi connectivity index (χ4v) is 4.55. The SMILES string of the molecule is CCOC(=O)c1c(NCC(=O)c2ccc(Br)cc2)sc2c1CCCC2. The first-order chi connectivity index (χ1) is 12.1. The normalized spacial score (nSPS) is 13.2. The zero-order chi connectivity index (χ0) is 17.8. The Kier molecular flexibility index (Phi) is 5.91. The predicted octanol–water partition coefficient (Wildman–Crippen LogP) is 4.86. The molecule has 3 rings (SSSR count). The number of hydrogen-bond donors (Lipinski definition) is 1. The van der Waals surface area contributed by atoms with Gasteiger partial charge in [-0.05, 0) is 50.3 Å². The molecule has 0 spiro atoms. The van der Waals surface area contributed by atoms with Crippen molar-refractivity contribution in [2.75, 3.05) is 18.5 Å². The fraction of sp³-hybridized carbons (Fsp3) is 0.368. The highest BCUT2D eigenvalue weighted by Gasteiger charge is 2.26. The second kappa shape index (κ2) is 8.15. The van der Waals surface area contributed by atoms with Gasteiger partial charge in [0.1, 0.15) is 5.00 Å². The number of anilines is 1. The van der Waals surface area contributed by atoms with Gasteiger partial charge in [0.2, 0.25) is 0 Å². The minimum Gasteiger partial charge on any atom is -0.462 e. The molecule has 1 aromatic heterocycles. The van der Waals surface area contributed by atoms with E-state index in [1.807, 2.05) is 12.1 Å². The summed E-state index contributed by atoms with van der Waals surface area (Å²) < 4.78 is 6.17. The first-order valence-electron chi connectivity index (χ1n) is 8.44. The zero-order valence-corrected chi connectivity index (χ0v) is 16.5. The number of benzene rings is 1. The van der Waals surface area contributed by atoms with E-state index in [9.17, 15) is 9.59 Å². The number of halogens is 1. The third-order valence-corrected chi connectivity index (χ3v) is 6.00. The second-order valence-electron chi connectivity index (χ2n) is 5.92. The smallest absolute Gasteiger partial charge is 0.341 e. The molecular weight excluding hydrogens is 402 g/mol. The molecule has 0 radical (unpaired) electrons. The van der Waals surface area contributed by atoms with E-state index in [2.05, 4.69) is 21.2 Å². The van der Waals surface area contributed by atoms with Gasteiger partial charge >= 0.3 is 5.97 Å². The maximum absolute atomic E-state index is 12.4. The van der Waals surface area contributed by atoms with Crippen LogP contribution in [0.5, 0.6) is 0 Å². The topological polar surface area (TPSA) is 55.4 Å². The molecule has 25 heavy (non-hydrogen) atoms. The predicted molar refractivity (Wildman–Crippen MR) is 104 cm³/mol. The summed E-state index contributed by atoms with van der Waals surface area (Å²) in [5.41, 5.74) is 2.38. The molecule has 0 bridgehead atoms. The van der Waals surface area contributed by atoms with Crippen molar-refractivity contribution in [1.82, 2.24) is 0 Å². The molecule has 4 nitrogen and oxygen atoms in total. The van der Waals surface area contributed by atoms with Crippen LogP contribution < -0.4 is 5.32 Å². The third kappa shape index (κ3) is 4.12. The molecular formula is C19H20BrNO3S. The monoisotopic (exact) mass is 421 g/mol. The van der Waals surface area contributed by atoms with Crippen molar-refractivity contribution in [1.29, 1.82) is 0 Å². The Morgan fingerprint density at radius 3 is 2.64 bits per heavy atom. The Balaban J connectivity index is 1.79. The van der Waals surface area contributed by atoms with Gasteiger partial charge in [0.15, 0.2) is 5.78 Å². The van der Waals surface area contributed by atoms with E-state index >= 15 is 0 Å². The molecule has 0 fully saturated rings. The maximum Gasteiger partial charge on any atom is 0.341 e. The van der Waals surface area contributed by atoms with Crippen molar-refractivity contribution in [2.45, 2.75) is 32.6 Å². The van der Waals surface area contributed by atoms with Gasteiger partial charge in [0.25, 0.3) is 0 Å². The van der Waals surface area contributed by atoms with E-state index in [1.165, 1.54) is 4.88 Å². The molecule has 1 aliphatic rings. The number of esters is 1. The van der Waals surface area contributed by atoms with Gasteiger partial charge in [0, 0.05) is 14.9 Å². The van der Waals surface area contributed by atoms with E-state index in [-0.39, 0.29) is 18.3 Å². The van der Waals surface area contributed by atoms with Crippen molar-refractivity contribution in [3.63, 3.8) is 0 Å². The first-order valence-corrected chi connectivity index (χ1v) is 10.1. The standard InChI is InChI=1S/C19H20BrNO3S/c1-2-24-19(23)17-14-5-3-4-6-16(14)25-18(17)21-11-15(22)12-7-9-13(20)10-8-12/h7-10,21H,2-6,11H2,1H3. The highest BCUT2D eigenvalue weighted by Crippen LogP contribution is 2.38. The minimum absolute atomic E-state index is 0.00585. The Labute approximate surface area is 159 Å². The molecule has 2 aromatic rings. The van der Waals surface area contributed by atoms with E-state index in [1.54, 1.807) is 30.4 Å². The Morgan fingerprint density at radius 1 is 1.20 bits per heavy atom. The van der Waals surface area contributed by atoms with Crippen molar-refractivity contribution in [3.05, 3.63) is 50.3 Å².